The van der Waals surface area contributed by atoms with Gasteiger partial charge in [-0.1, -0.05) is 36.4 Å². The third kappa shape index (κ3) is 5.24. The SMILES string of the molecule is Ic1ccc(-c2ccc(-c3cc4ccc3CCc3ccc(c(-c5ccc(-c6ccc(I)s6)s5)c3)CC4)s2)s1. The Balaban J connectivity index is 1.21. The van der Waals surface area contributed by atoms with Crippen LogP contribution in [0, 0.1) is 5.77 Å². The molecule has 0 unspecified atom stereocenters. The highest BCUT2D eigenvalue weighted by Crippen LogP contribution is 2.42. The Kier molecular flexibility index (Phi) is 7.38. The summed E-state index contributed by atoms with van der Waals surface area (Å²) < 4.78 is 2.68. The molecular formula is C32H22I2S4. The van der Waals surface area contributed by atoms with Crippen molar-refractivity contribution in [2.45, 2.75) is 25.7 Å². The molecule has 0 nitrogen and oxygen atoms in total. The van der Waals surface area contributed by atoms with Crippen molar-refractivity contribution in [2.24, 2.45) is 0 Å². The van der Waals surface area contributed by atoms with Gasteiger partial charge in [-0.2, -0.15) is 0 Å². The quantitative estimate of drug-likeness (QED) is 0.156. The number of thiophene rings is 4. The number of aryl methyl sites for hydroxylation is 4. The van der Waals surface area contributed by atoms with Crippen molar-refractivity contribution < 1.29 is 0 Å². The van der Waals surface area contributed by atoms with Gasteiger partial charge in [-0.3, -0.25) is 0 Å². The summed E-state index contributed by atoms with van der Waals surface area (Å²) >= 11 is 12.4. The summed E-state index contributed by atoms with van der Waals surface area (Å²) in [5.74, 6) is 0. The minimum atomic E-state index is 1.06. The molecule has 188 valence electrons. The van der Waals surface area contributed by atoms with E-state index in [-0.39, 0.29) is 0 Å². The van der Waals surface area contributed by atoms with Crippen LogP contribution in [0.15, 0.2) is 84.9 Å². The van der Waals surface area contributed by atoms with Crippen LogP contribution in [-0.4, -0.2) is 0 Å². The maximum atomic E-state index is 2.47. The first-order chi connectivity index (χ1) is 18.6. The van der Waals surface area contributed by atoms with Crippen molar-refractivity contribution in [2.75, 3.05) is 0 Å². The Hall–Kier alpha value is -1.30. The van der Waals surface area contributed by atoms with Crippen molar-refractivity contribution in [3.63, 3.8) is 0 Å². The van der Waals surface area contributed by atoms with Crippen molar-refractivity contribution in [1.82, 2.24) is 0 Å². The zero-order valence-corrected chi connectivity index (χ0v) is 27.9. The molecule has 0 atom stereocenters. The van der Waals surface area contributed by atoms with Crippen LogP contribution in [0.1, 0.15) is 22.3 Å². The lowest BCUT2D eigenvalue weighted by atomic mass is 9.90. The molecule has 2 aromatic carbocycles. The van der Waals surface area contributed by atoms with Crippen LogP contribution in [0.2, 0.25) is 0 Å². The molecule has 0 N–H and O–H groups in total. The molecule has 0 fully saturated rings. The standard InChI is InChI=1S/C32H22I2S4/c33-31-15-13-29(37-31)27-11-9-25(35-27)23-17-19-1-5-21(23)8-4-20-2-6-22(7-3-19)24(18-20)26-10-12-28(36-26)30-14-16-32(34)38-30/h1-2,5-6,9-18H,3-4,7-8H2. The van der Waals surface area contributed by atoms with Crippen molar-refractivity contribution in [3.8, 4) is 40.4 Å². The largest absolute Gasteiger partial charge is 0.134 e. The molecular weight excluding hydrogens is 766 g/mol. The summed E-state index contributed by atoms with van der Waals surface area (Å²) in [6.45, 7) is 0. The Morgan fingerprint density at radius 1 is 0.395 bits per heavy atom. The first-order valence-corrected chi connectivity index (χ1v) is 18.0. The van der Waals surface area contributed by atoms with Crippen LogP contribution in [0.5, 0.6) is 0 Å². The molecule has 4 bridgehead atoms. The third-order valence-corrected chi connectivity index (χ3v) is 13.5. The maximum absolute atomic E-state index is 2.47. The molecule has 0 radical (unpaired) electrons. The molecule has 38 heavy (non-hydrogen) atoms. The Bertz CT molecular complexity index is 1630. The second-order valence-corrected chi connectivity index (χ2v) is 17.6. The molecule has 0 saturated carbocycles. The normalized spacial score (nSPS) is 13.1. The van der Waals surface area contributed by atoms with Gasteiger partial charge < -0.3 is 0 Å². The van der Waals surface area contributed by atoms with E-state index in [1.54, 1.807) is 0 Å². The molecule has 0 aliphatic heterocycles. The van der Waals surface area contributed by atoms with E-state index < -0.39 is 0 Å². The lowest BCUT2D eigenvalue weighted by molar-refractivity contribution is 0.926. The van der Waals surface area contributed by atoms with Crippen LogP contribution >= 0.6 is 90.5 Å². The molecule has 4 heterocycles. The molecule has 4 aliphatic carbocycles. The molecule has 6 heteroatoms. The Morgan fingerprint density at radius 2 is 0.789 bits per heavy atom. The highest BCUT2D eigenvalue weighted by atomic mass is 127. The lowest BCUT2D eigenvalue weighted by Gasteiger charge is -2.16. The van der Waals surface area contributed by atoms with E-state index in [9.17, 15) is 0 Å². The number of hydrogen-bond donors (Lipinski definition) is 0. The zero-order valence-electron chi connectivity index (χ0n) is 20.3. The van der Waals surface area contributed by atoms with Gasteiger partial charge in [-0.25, -0.2) is 0 Å². The predicted octanol–water partition coefficient (Wildman–Crippen LogP) is 11.7. The number of hydrogen-bond acceptors (Lipinski definition) is 4. The second kappa shape index (κ2) is 10.9. The highest BCUT2D eigenvalue weighted by Gasteiger charge is 2.16. The van der Waals surface area contributed by atoms with E-state index in [4.69, 9.17) is 0 Å². The first kappa shape index (κ1) is 25.7. The van der Waals surface area contributed by atoms with Gasteiger partial charge in [0.15, 0.2) is 0 Å². The van der Waals surface area contributed by atoms with Gasteiger partial charge in [0.05, 0.1) is 5.77 Å². The van der Waals surface area contributed by atoms with Crippen LogP contribution in [0.25, 0.3) is 40.4 Å². The van der Waals surface area contributed by atoms with E-state index in [1.807, 2.05) is 45.3 Å². The van der Waals surface area contributed by atoms with E-state index in [1.165, 1.54) is 68.4 Å². The van der Waals surface area contributed by atoms with Gasteiger partial charge in [0.25, 0.3) is 0 Å². The molecule has 10 rings (SSSR count). The maximum Gasteiger partial charge on any atom is 0.0660 e. The van der Waals surface area contributed by atoms with Crippen molar-refractivity contribution in [3.05, 3.63) is 113 Å². The number of benzene rings is 2. The van der Waals surface area contributed by atoms with Gasteiger partial charge in [0, 0.05) is 29.3 Å². The minimum absolute atomic E-state index is 1.06. The van der Waals surface area contributed by atoms with E-state index in [2.05, 4.69) is 130 Å². The summed E-state index contributed by atoms with van der Waals surface area (Å²) in [5.41, 5.74) is 8.63. The van der Waals surface area contributed by atoms with Gasteiger partial charge in [0.1, 0.15) is 0 Å². The second-order valence-electron chi connectivity index (χ2n) is 9.52. The smallest absolute Gasteiger partial charge is 0.0660 e. The van der Waals surface area contributed by atoms with Crippen LogP contribution in [0.4, 0.5) is 0 Å². The topological polar surface area (TPSA) is 0 Å². The van der Waals surface area contributed by atoms with Crippen molar-refractivity contribution >= 4 is 90.5 Å². The fourth-order valence-corrected chi connectivity index (χ4v) is 10.7. The van der Waals surface area contributed by atoms with Crippen molar-refractivity contribution in [1.29, 1.82) is 0 Å². The molecule has 4 aliphatic rings. The Morgan fingerprint density at radius 3 is 1.21 bits per heavy atom. The zero-order chi connectivity index (χ0) is 25.6. The third-order valence-electron chi connectivity index (χ3n) is 7.09. The van der Waals surface area contributed by atoms with Gasteiger partial charge in [-0.15, -0.1) is 45.3 Å². The molecule has 0 spiro atoms. The first-order valence-electron chi connectivity index (χ1n) is 12.5. The van der Waals surface area contributed by atoms with Gasteiger partial charge in [-0.05, 0) is 153 Å². The average molecular weight is 789 g/mol. The molecule has 0 saturated heterocycles. The summed E-state index contributed by atoms with van der Waals surface area (Å²) in [6.07, 6.45) is 4.23. The highest BCUT2D eigenvalue weighted by molar-refractivity contribution is 14.1. The van der Waals surface area contributed by atoms with Gasteiger partial charge >= 0.3 is 0 Å². The summed E-state index contributed by atoms with van der Waals surface area (Å²) in [5, 5.41) is 0. The van der Waals surface area contributed by atoms with Crippen LogP contribution < -0.4 is 0 Å². The van der Waals surface area contributed by atoms with E-state index in [0.29, 0.717) is 0 Å². The van der Waals surface area contributed by atoms with Crippen LogP contribution in [-0.2, 0) is 25.7 Å². The summed E-state index contributed by atoms with van der Waals surface area (Å²) in [7, 11) is 0. The summed E-state index contributed by atoms with van der Waals surface area (Å²) in [6, 6.07) is 32.6. The predicted molar refractivity (Wildman–Crippen MR) is 186 cm³/mol. The molecule has 0 amide bonds. The summed E-state index contributed by atoms with van der Waals surface area (Å²) in [4.78, 5) is 8.27. The number of rotatable bonds is 4. The fourth-order valence-electron chi connectivity index (χ4n) is 5.13. The van der Waals surface area contributed by atoms with Gasteiger partial charge in [0.2, 0.25) is 0 Å². The van der Waals surface area contributed by atoms with E-state index >= 15 is 0 Å². The fraction of sp³-hybridized carbons (Fsp3) is 0.125. The minimum Gasteiger partial charge on any atom is -0.134 e. The Labute approximate surface area is 266 Å². The number of halogens is 2. The average Bonchev–Trinajstić information content (AvgIpc) is 3.72. The monoisotopic (exact) mass is 788 g/mol. The molecule has 6 aromatic rings. The lowest BCUT2D eigenvalue weighted by Crippen LogP contribution is -2.01. The van der Waals surface area contributed by atoms with Crippen LogP contribution in [0.3, 0.4) is 0 Å². The molecule has 4 aromatic heterocycles. The van der Waals surface area contributed by atoms with E-state index in [0.717, 1.165) is 25.7 Å².